The molecule has 0 spiro atoms. The maximum absolute atomic E-state index is 13.3. The number of rotatable bonds is 4. The monoisotopic (exact) mass is 398 g/mol. The Balaban J connectivity index is 2.07. The van der Waals surface area contributed by atoms with Crippen LogP contribution in [-0.2, 0) is 22.8 Å². The molecule has 0 fully saturated rings. The lowest BCUT2D eigenvalue weighted by molar-refractivity contribution is -0.136. The van der Waals surface area contributed by atoms with Crippen molar-refractivity contribution in [2.45, 2.75) is 12.6 Å². The number of nitrogens with zero attached hydrogens (tertiary/aromatic N) is 1. The first-order valence-electron chi connectivity index (χ1n) is 7.51. The number of hydrogen-bond acceptors (Lipinski definition) is 4. The van der Waals surface area contributed by atoms with E-state index in [1.807, 2.05) is 0 Å². The highest BCUT2D eigenvalue weighted by molar-refractivity contribution is 7.90. The largest absolute Gasteiger partial charge is 0.418 e. The van der Waals surface area contributed by atoms with Gasteiger partial charge in [-0.15, -0.1) is 0 Å². The lowest BCUT2D eigenvalue weighted by Crippen LogP contribution is -2.24. The highest BCUT2D eigenvalue weighted by atomic mass is 32.2. The summed E-state index contributed by atoms with van der Waals surface area (Å²) in [4.78, 5) is 11.8. The summed E-state index contributed by atoms with van der Waals surface area (Å²) in [6, 6.07) is 9.70. The van der Waals surface area contributed by atoms with Crippen LogP contribution in [0.15, 0.2) is 47.3 Å². The highest BCUT2D eigenvalue weighted by Crippen LogP contribution is 2.36. The summed E-state index contributed by atoms with van der Waals surface area (Å²) in [6.45, 7) is 0. The first-order chi connectivity index (χ1) is 12.5. The molecule has 0 saturated heterocycles. The third-order valence-corrected chi connectivity index (χ3v) is 4.29. The Labute approximate surface area is 151 Å². The van der Waals surface area contributed by atoms with Gasteiger partial charge in [-0.05, 0) is 23.8 Å². The molecule has 1 aromatic heterocycles. The predicted octanol–water partition coefficient (Wildman–Crippen LogP) is 2.15. The molecule has 7 nitrogen and oxygen atoms in total. The van der Waals surface area contributed by atoms with E-state index in [4.69, 9.17) is 5.14 Å². The predicted molar refractivity (Wildman–Crippen MR) is 93.3 cm³/mol. The number of alkyl halides is 3. The van der Waals surface area contributed by atoms with E-state index in [0.29, 0.717) is 16.5 Å². The van der Waals surface area contributed by atoms with Crippen LogP contribution in [0, 0.1) is 0 Å². The van der Waals surface area contributed by atoms with Gasteiger partial charge in [-0.25, -0.2) is 10.2 Å². The number of benzene rings is 2. The van der Waals surface area contributed by atoms with Crippen LogP contribution in [0.2, 0.25) is 0 Å². The Bertz CT molecular complexity index is 1170. The Kier molecular flexibility index (Phi) is 4.66. The molecule has 0 atom stereocenters. The van der Waals surface area contributed by atoms with Crippen LogP contribution >= 0.6 is 0 Å². The molecule has 2 aromatic carbocycles. The fraction of sp³-hybridized carbons (Fsp3) is 0.125. The van der Waals surface area contributed by atoms with Gasteiger partial charge in [0.1, 0.15) is 0 Å². The summed E-state index contributed by atoms with van der Waals surface area (Å²) >= 11 is 0. The van der Waals surface area contributed by atoms with Gasteiger partial charge >= 0.3 is 6.18 Å². The molecular formula is C16H13F3N4O3S. The van der Waals surface area contributed by atoms with Gasteiger partial charge in [0, 0.05) is 11.8 Å². The normalized spacial score (nSPS) is 12.3. The fourth-order valence-corrected chi connectivity index (χ4v) is 3.16. The van der Waals surface area contributed by atoms with Gasteiger partial charge in [0.05, 0.1) is 22.3 Å². The van der Waals surface area contributed by atoms with Gasteiger partial charge in [0.25, 0.3) is 15.8 Å². The molecule has 0 aliphatic carbocycles. The maximum Gasteiger partial charge on any atom is 0.418 e. The topological polar surface area (TPSA) is 118 Å². The minimum atomic E-state index is -4.80. The quantitative estimate of drug-likeness (QED) is 0.624. The lowest BCUT2D eigenvalue weighted by atomic mass is 10.0. The second kappa shape index (κ2) is 6.67. The molecule has 11 heteroatoms. The van der Waals surface area contributed by atoms with Gasteiger partial charge in [-0.1, -0.05) is 24.3 Å². The van der Waals surface area contributed by atoms with E-state index >= 15 is 0 Å². The molecule has 0 saturated carbocycles. The van der Waals surface area contributed by atoms with E-state index in [-0.39, 0.29) is 12.0 Å². The van der Waals surface area contributed by atoms with E-state index in [2.05, 4.69) is 10.2 Å². The molecule has 0 aliphatic rings. The first kappa shape index (κ1) is 18.9. The summed E-state index contributed by atoms with van der Waals surface area (Å²) in [7, 11) is -4.37. The van der Waals surface area contributed by atoms with Crippen LogP contribution in [0.3, 0.4) is 0 Å². The average molecular weight is 398 g/mol. The molecule has 0 unspecified atom stereocenters. The number of hydrogen-bond donors (Lipinski definition) is 3. The number of nitrogens with two attached hydrogens (primary N) is 1. The molecule has 142 valence electrons. The molecule has 0 bridgehead atoms. The standard InChI is InChI=1S/C16H13F3N4O3S/c17-16(18,19)12-7-9(5-6-13(12)23-27(20,25)26)8-14-10-3-1-2-4-11(10)15(24)22-21-14/h1-7,23H,8H2,(H,22,24)(H2,20,25,26). The van der Waals surface area contributed by atoms with Gasteiger partial charge in [0.2, 0.25) is 0 Å². The summed E-state index contributed by atoms with van der Waals surface area (Å²) in [5, 5.41) is 11.9. The average Bonchev–Trinajstić information content (AvgIpc) is 2.57. The molecular weight excluding hydrogens is 385 g/mol. The SMILES string of the molecule is NS(=O)(=O)Nc1ccc(Cc2n[nH]c(=O)c3ccccc23)cc1C(F)(F)F. The zero-order valence-electron chi connectivity index (χ0n) is 13.5. The van der Waals surface area contributed by atoms with Crippen molar-refractivity contribution in [2.75, 3.05) is 4.72 Å². The van der Waals surface area contributed by atoms with Crippen molar-refractivity contribution in [1.29, 1.82) is 0 Å². The Morgan fingerprint density at radius 3 is 2.41 bits per heavy atom. The maximum atomic E-state index is 13.3. The van der Waals surface area contributed by atoms with Gasteiger partial charge in [0.15, 0.2) is 0 Å². The second-order valence-corrected chi connectivity index (χ2v) is 7.04. The summed E-state index contributed by atoms with van der Waals surface area (Å²) in [5.74, 6) is 0. The molecule has 1 heterocycles. The number of anilines is 1. The Morgan fingerprint density at radius 1 is 1.11 bits per heavy atom. The van der Waals surface area contributed by atoms with Crippen molar-refractivity contribution in [3.05, 3.63) is 69.6 Å². The lowest BCUT2D eigenvalue weighted by Gasteiger charge is -2.15. The van der Waals surface area contributed by atoms with Crippen LogP contribution in [-0.4, -0.2) is 18.6 Å². The summed E-state index contributed by atoms with van der Waals surface area (Å²) in [6.07, 6.45) is -4.81. The number of halogens is 3. The molecule has 0 radical (unpaired) electrons. The van der Waals surface area contributed by atoms with Crippen molar-refractivity contribution in [1.82, 2.24) is 10.2 Å². The highest BCUT2D eigenvalue weighted by Gasteiger charge is 2.34. The zero-order valence-corrected chi connectivity index (χ0v) is 14.4. The van der Waals surface area contributed by atoms with Crippen LogP contribution < -0.4 is 15.4 Å². The molecule has 0 aliphatic heterocycles. The van der Waals surface area contributed by atoms with Crippen LogP contribution in [0.5, 0.6) is 0 Å². The van der Waals surface area contributed by atoms with Crippen molar-refractivity contribution in [3.63, 3.8) is 0 Å². The smallest absolute Gasteiger partial charge is 0.271 e. The van der Waals surface area contributed by atoms with Crippen LogP contribution in [0.25, 0.3) is 10.8 Å². The molecule has 3 rings (SSSR count). The third-order valence-electron chi connectivity index (χ3n) is 3.79. The number of aromatic nitrogens is 2. The number of fused-ring (bicyclic) bond motifs is 1. The second-order valence-electron chi connectivity index (χ2n) is 5.75. The molecule has 27 heavy (non-hydrogen) atoms. The van der Waals surface area contributed by atoms with Gasteiger partial charge in [-0.2, -0.15) is 26.7 Å². The van der Waals surface area contributed by atoms with Crippen LogP contribution in [0.4, 0.5) is 18.9 Å². The summed E-state index contributed by atoms with van der Waals surface area (Å²) in [5.41, 5.74) is -1.65. The Morgan fingerprint density at radius 2 is 1.78 bits per heavy atom. The minimum Gasteiger partial charge on any atom is -0.271 e. The van der Waals surface area contributed by atoms with Gasteiger partial charge in [-0.3, -0.25) is 9.52 Å². The zero-order chi connectivity index (χ0) is 19.8. The number of H-pyrrole nitrogens is 1. The van der Waals surface area contributed by atoms with Crippen molar-refractivity contribution in [2.24, 2.45) is 5.14 Å². The van der Waals surface area contributed by atoms with E-state index in [0.717, 1.165) is 12.1 Å². The number of nitrogens with one attached hydrogen (secondary N) is 2. The van der Waals surface area contributed by atoms with Crippen molar-refractivity contribution >= 4 is 26.7 Å². The van der Waals surface area contributed by atoms with Crippen LogP contribution in [0.1, 0.15) is 16.8 Å². The molecule has 3 aromatic rings. The van der Waals surface area contributed by atoms with Crippen molar-refractivity contribution < 1.29 is 21.6 Å². The fourth-order valence-electron chi connectivity index (χ4n) is 2.68. The van der Waals surface area contributed by atoms with Crippen molar-refractivity contribution in [3.8, 4) is 0 Å². The minimum absolute atomic E-state index is 0.00394. The molecule has 0 amide bonds. The van der Waals surface area contributed by atoms with Gasteiger partial charge < -0.3 is 0 Å². The first-order valence-corrected chi connectivity index (χ1v) is 9.06. The Hall–Kier alpha value is -2.92. The van der Waals surface area contributed by atoms with E-state index < -0.39 is 33.2 Å². The van der Waals surface area contributed by atoms with E-state index in [1.54, 1.807) is 29.0 Å². The summed E-state index contributed by atoms with van der Waals surface area (Å²) < 4.78 is 63.8. The third kappa shape index (κ3) is 4.26. The van der Waals surface area contributed by atoms with E-state index in [9.17, 15) is 26.4 Å². The van der Waals surface area contributed by atoms with E-state index in [1.165, 1.54) is 6.07 Å². The molecule has 4 N–H and O–H groups in total. The number of aromatic amines is 1.